The van der Waals surface area contributed by atoms with Gasteiger partial charge in [0.15, 0.2) is 5.65 Å². The van der Waals surface area contributed by atoms with Crippen molar-refractivity contribution in [3.63, 3.8) is 0 Å². The molecule has 1 aliphatic rings. The Morgan fingerprint density at radius 1 is 1.26 bits per heavy atom. The summed E-state index contributed by atoms with van der Waals surface area (Å²) in [6, 6.07) is 9.74. The molecular formula is C16H15N5O2. The van der Waals surface area contributed by atoms with Gasteiger partial charge in [-0.1, -0.05) is 24.3 Å². The highest BCUT2D eigenvalue weighted by Crippen LogP contribution is 2.28. The van der Waals surface area contributed by atoms with Crippen molar-refractivity contribution in [2.24, 2.45) is 0 Å². The smallest absolute Gasteiger partial charge is 0.338 e. The molecule has 0 aliphatic carbocycles. The van der Waals surface area contributed by atoms with Crippen molar-refractivity contribution < 1.29 is 9.90 Å². The van der Waals surface area contributed by atoms with Crippen molar-refractivity contribution in [1.29, 1.82) is 0 Å². The summed E-state index contributed by atoms with van der Waals surface area (Å²) in [6.45, 7) is 1.43. The zero-order chi connectivity index (χ0) is 16.0. The number of fused-ring (bicyclic) bond motifs is 2. The fourth-order valence-electron chi connectivity index (χ4n) is 3.06. The Bertz CT molecular complexity index is 918. The molecule has 0 saturated heterocycles. The quantitative estimate of drug-likeness (QED) is 0.746. The van der Waals surface area contributed by atoms with Gasteiger partial charge in [0.25, 0.3) is 0 Å². The maximum Gasteiger partial charge on any atom is 0.338 e. The number of carbonyl (C=O) groups is 1. The summed E-state index contributed by atoms with van der Waals surface area (Å²) >= 11 is 0. The van der Waals surface area contributed by atoms with Gasteiger partial charge in [-0.25, -0.2) is 9.31 Å². The highest BCUT2D eigenvalue weighted by Gasteiger charge is 2.22. The second-order valence-electron chi connectivity index (χ2n) is 5.59. The van der Waals surface area contributed by atoms with Crippen LogP contribution < -0.4 is 10.6 Å². The molecular weight excluding hydrogens is 294 g/mol. The predicted molar refractivity (Wildman–Crippen MR) is 85.6 cm³/mol. The number of hydrogen-bond donors (Lipinski definition) is 2. The molecule has 1 aliphatic heterocycles. The Morgan fingerprint density at radius 2 is 2.04 bits per heavy atom. The van der Waals surface area contributed by atoms with E-state index >= 15 is 0 Å². The summed E-state index contributed by atoms with van der Waals surface area (Å²) in [5, 5.41) is 13.6. The maximum absolute atomic E-state index is 11.6. The number of rotatable bonds is 2. The van der Waals surface area contributed by atoms with E-state index in [1.54, 1.807) is 6.20 Å². The standard InChI is InChI=1S/C16H15N5O2/c17-16-18-14-7-12(15(22)23)13(9-21(14)19-16)20-6-5-10-3-1-2-4-11(10)8-20/h1-4,7,9H,5-6,8H2,(H2,17,19)(H,22,23). The number of nitrogens with zero attached hydrogens (tertiary/aromatic N) is 4. The van der Waals surface area contributed by atoms with Crippen LogP contribution in [-0.2, 0) is 13.0 Å². The molecule has 23 heavy (non-hydrogen) atoms. The van der Waals surface area contributed by atoms with Crippen LogP contribution in [0.5, 0.6) is 0 Å². The molecule has 7 nitrogen and oxygen atoms in total. The molecule has 0 unspecified atom stereocenters. The number of aromatic nitrogens is 3. The van der Waals surface area contributed by atoms with Gasteiger partial charge in [-0.15, -0.1) is 5.10 Å². The lowest BCUT2D eigenvalue weighted by Gasteiger charge is -2.31. The number of anilines is 2. The molecule has 4 rings (SSSR count). The third-order valence-electron chi connectivity index (χ3n) is 4.17. The van der Waals surface area contributed by atoms with E-state index in [4.69, 9.17) is 5.73 Å². The monoisotopic (exact) mass is 309 g/mol. The van der Waals surface area contributed by atoms with E-state index in [1.165, 1.54) is 21.7 Å². The van der Waals surface area contributed by atoms with E-state index in [2.05, 4.69) is 27.1 Å². The van der Waals surface area contributed by atoms with Crippen LogP contribution in [0.25, 0.3) is 5.65 Å². The number of hydrogen-bond acceptors (Lipinski definition) is 5. The molecule has 0 saturated carbocycles. The third kappa shape index (κ3) is 2.26. The Balaban J connectivity index is 1.81. The van der Waals surface area contributed by atoms with Crippen molar-refractivity contribution in [3.8, 4) is 0 Å². The van der Waals surface area contributed by atoms with Crippen LogP contribution in [0.15, 0.2) is 36.5 Å². The lowest BCUT2D eigenvalue weighted by atomic mass is 9.99. The first kappa shape index (κ1) is 13.6. The van der Waals surface area contributed by atoms with Gasteiger partial charge in [-0.3, -0.25) is 0 Å². The van der Waals surface area contributed by atoms with Crippen LogP contribution in [0.2, 0.25) is 0 Å². The van der Waals surface area contributed by atoms with E-state index in [0.29, 0.717) is 17.9 Å². The van der Waals surface area contributed by atoms with Gasteiger partial charge in [0, 0.05) is 13.1 Å². The number of nitrogen functional groups attached to an aromatic ring is 1. The minimum Gasteiger partial charge on any atom is -0.478 e. The van der Waals surface area contributed by atoms with Crippen molar-refractivity contribution in [2.75, 3.05) is 17.2 Å². The van der Waals surface area contributed by atoms with E-state index in [-0.39, 0.29) is 11.5 Å². The van der Waals surface area contributed by atoms with E-state index in [1.807, 2.05) is 12.1 Å². The van der Waals surface area contributed by atoms with Gasteiger partial charge < -0.3 is 15.7 Å². The minimum atomic E-state index is -0.983. The van der Waals surface area contributed by atoms with E-state index in [0.717, 1.165) is 13.0 Å². The molecule has 2 aromatic heterocycles. The van der Waals surface area contributed by atoms with Gasteiger partial charge in [0.05, 0.1) is 17.4 Å². The van der Waals surface area contributed by atoms with Gasteiger partial charge in [0.1, 0.15) is 0 Å². The average molecular weight is 309 g/mol. The van der Waals surface area contributed by atoms with Crippen LogP contribution in [-0.4, -0.2) is 32.2 Å². The first-order valence-electron chi connectivity index (χ1n) is 7.33. The maximum atomic E-state index is 11.6. The van der Waals surface area contributed by atoms with Crippen molar-refractivity contribution >= 4 is 23.3 Å². The molecule has 0 atom stereocenters. The van der Waals surface area contributed by atoms with Gasteiger partial charge in [0.2, 0.25) is 5.95 Å². The summed E-state index contributed by atoms with van der Waals surface area (Å²) in [5.41, 5.74) is 9.41. The number of benzene rings is 1. The van der Waals surface area contributed by atoms with E-state index in [9.17, 15) is 9.90 Å². The van der Waals surface area contributed by atoms with Crippen molar-refractivity contribution in [2.45, 2.75) is 13.0 Å². The number of aromatic carboxylic acids is 1. The highest BCUT2D eigenvalue weighted by molar-refractivity contribution is 5.95. The summed E-state index contributed by atoms with van der Waals surface area (Å²) in [6.07, 6.45) is 2.57. The predicted octanol–water partition coefficient (Wildman–Crippen LogP) is 1.57. The Kier molecular flexibility index (Phi) is 2.94. The molecule has 0 bridgehead atoms. The number of carboxylic acids is 1. The molecule has 0 radical (unpaired) electrons. The zero-order valence-electron chi connectivity index (χ0n) is 12.3. The average Bonchev–Trinajstić information content (AvgIpc) is 2.92. The fraction of sp³-hybridized carbons (Fsp3) is 0.188. The lowest BCUT2D eigenvalue weighted by Crippen LogP contribution is -2.31. The number of pyridine rings is 1. The van der Waals surface area contributed by atoms with Crippen molar-refractivity contribution in [1.82, 2.24) is 14.6 Å². The molecule has 1 aromatic carbocycles. The summed E-state index contributed by atoms with van der Waals surface area (Å²) in [4.78, 5) is 17.7. The Labute approximate surface area is 132 Å². The lowest BCUT2D eigenvalue weighted by molar-refractivity contribution is 0.0697. The molecule has 3 heterocycles. The summed E-state index contributed by atoms with van der Waals surface area (Å²) in [7, 11) is 0. The minimum absolute atomic E-state index is 0.127. The first-order chi connectivity index (χ1) is 11.1. The van der Waals surface area contributed by atoms with Crippen LogP contribution in [0.3, 0.4) is 0 Å². The van der Waals surface area contributed by atoms with Crippen LogP contribution in [0, 0.1) is 0 Å². The fourth-order valence-corrected chi connectivity index (χ4v) is 3.06. The normalized spacial score (nSPS) is 14.0. The third-order valence-corrected chi connectivity index (χ3v) is 4.17. The van der Waals surface area contributed by atoms with Crippen LogP contribution in [0.1, 0.15) is 21.5 Å². The molecule has 7 heteroatoms. The topological polar surface area (TPSA) is 96.7 Å². The van der Waals surface area contributed by atoms with Crippen LogP contribution in [0.4, 0.5) is 11.6 Å². The number of carboxylic acid groups (broad SMARTS) is 1. The Hall–Kier alpha value is -3.09. The van der Waals surface area contributed by atoms with Gasteiger partial charge in [-0.2, -0.15) is 4.98 Å². The first-order valence-corrected chi connectivity index (χ1v) is 7.33. The van der Waals surface area contributed by atoms with Gasteiger partial charge >= 0.3 is 5.97 Å². The highest BCUT2D eigenvalue weighted by atomic mass is 16.4. The van der Waals surface area contributed by atoms with E-state index < -0.39 is 5.97 Å². The largest absolute Gasteiger partial charge is 0.478 e. The molecule has 0 amide bonds. The SMILES string of the molecule is Nc1nc2cc(C(=O)O)c(N3CCc4ccccc4C3)cn2n1. The summed E-state index contributed by atoms with van der Waals surface area (Å²) in [5.74, 6) is -0.856. The molecule has 0 spiro atoms. The zero-order valence-corrected chi connectivity index (χ0v) is 12.3. The second-order valence-corrected chi connectivity index (χ2v) is 5.59. The van der Waals surface area contributed by atoms with Gasteiger partial charge in [-0.05, 0) is 23.6 Å². The molecule has 3 aromatic rings. The molecule has 3 N–H and O–H groups in total. The molecule has 0 fully saturated rings. The second kappa shape index (κ2) is 4.98. The number of nitrogens with two attached hydrogens (primary N) is 1. The van der Waals surface area contributed by atoms with Crippen molar-refractivity contribution in [3.05, 3.63) is 53.2 Å². The summed E-state index contributed by atoms with van der Waals surface area (Å²) < 4.78 is 1.53. The Morgan fingerprint density at radius 3 is 2.83 bits per heavy atom. The molecule has 116 valence electrons. The van der Waals surface area contributed by atoms with Crippen LogP contribution >= 0.6 is 0 Å².